The topological polar surface area (TPSA) is 182 Å². The first-order valence-corrected chi connectivity index (χ1v) is 9.11. The third kappa shape index (κ3) is 4.46. The number of nitrogens with two attached hydrogens (primary N) is 2. The molecule has 0 aromatic rings. The van der Waals surface area contributed by atoms with Crippen LogP contribution in [0.4, 0.5) is 0 Å². The number of nitrogens with one attached hydrogen (secondary N) is 1. The zero-order chi connectivity index (χ0) is 18.9. The maximum absolute atomic E-state index is 12.2. The van der Waals surface area contributed by atoms with Crippen molar-refractivity contribution < 1.29 is 32.7 Å². The second kappa shape index (κ2) is 6.98. The lowest BCUT2D eigenvalue weighted by Gasteiger charge is -2.33. The van der Waals surface area contributed by atoms with Gasteiger partial charge in [0.1, 0.15) is 5.75 Å². The van der Waals surface area contributed by atoms with Crippen molar-refractivity contribution in [3.8, 4) is 0 Å². The van der Waals surface area contributed by atoms with Crippen LogP contribution in [-0.4, -0.2) is 61.7 Å². The van der Waals surface area contributed by atoms with Crippen LogP contribution in [0.3, 0.4) is 0 Å². The van der Waals surface area contributed by atoms with E-state index in [1.807, 2.05) is 0 Å². The Morgan fingerprint density at radius 2 is 2.08 bits per heavy atom. The van der Waals surface area contributed by atoms with Gasteiger partial charge in [0.25, 0.3) is 5.91 Å². The summed E-state index contributed by atoms with van der Waals surface area (Å²) < 4.78 is 21.6. The average molecular weight is 376 g/mol. The first-order valence-electron chi connectivity index (χ1n) is 7.39. The summed E-state index contributed by atoms with van der Waals surface area (Å²) in [7, 11) is -2.37. The zero-order valence-corrected chi connectivity index (χ0v) is 14.2. The molecule has 2 rings (SSSR count). The van der Waals surface area contributed by atoms with Gasteiger partial charge in [-0.25, -0.2) is 18.4 Å². The van der Waals surface area contributed by atoms with Gasteiger partial charge in [-0.15, -0.1) is 0 Å². The molecule has 0 aromatic heterocycles. The van der Waals surface area contributed by atoms with Crippen molar-refractivity contribution in [2.24, 2.45) is 28.6 Å². The number of hydrogen-bond acceptors (Lipinski definition) is 8. The summed E-state index contributed by atoms with van der Waals surface area (Å²) in [6.07, 6.45) is 0.641. The fraction of sp³-hybridized carbons (Fsp3) is 0.615. The summed E-state index contributed by atoms with van der Waals surface area (Å²) in [5, 5.41) is 14.9. The van der Waals surface area contributed by atoms with Crippen LogP contribution in [-0.2, 0) is 29.2 Å². The van der Waals surface area contributed by atoms with Gasteiger partial charge in [0.15, 0.2) is 0 Å². The van der Waals surface area contributed by atoms with E-state index in [1.165, 1.54) is 0 Å². The SMILES string of the molecule is CN1C=C(C(N)=O)C2CC(O)C(C(=O)ONC(=O)CS(N)(=O)=O)C2C1. The number of amides is 2. The number of hydroxylamine groups is 1. The molecule has 2 aliphatic rings. The molecule has 1 aliphatic heterocycles. The maximum Gasteiger partial charge on any atom is 0.338 e. The molecule has 4 unspecified atom stereocenters. The van der Waals surface area contributed by atoms with E-state index >= 15 is 0 Å². The number of rotatable bonds is 4. The predicted octanol–water partition coefficient (Wildman–Crippen LogP) is -3.22. The molecule has 1 saturated carbocycles. The Morgan fingerprint density at radius 1 is 1.44 bits per heavy atom. The number of fused-ring (bicyclic) bond motifs is 1. The summed E-state index contributed by atoms with van der Waals surface area (Å²) >= 11 is 0. The largest absolute Gasteiger partial charge is 0.392 e. The summed E-state index contributed by atoms with van der Waals surface area (Å²) in [5.41, 5.74) is 7.36. The highest BCUT2D eigenvalue weighted by Gasteiger charge is 2.51. The minimum Gasteiger partial charge on any atom is -0.392 e. The van der Waals surface area contributed by atoms with E-state index in [-0.39, 0.29) is 6.42 Å². The third-order valence-electron chi connectivity index (χ3n) is 4.30. The van der Waals surface area contributed by atoms with E-state index in [4.69, 9.17) is 10.9 Å². The Morgan fingerprint density at radius 3 is 2.64 bits per heavy atom. The predicted molar refractivity (Wildman–Crippen MR) is 83.2 cm³/mol. The normalized spacial score (nSPS) is 28.8. The summed E-state index contributed by atoms with van der Waals surface area (Å²) in [6, 6.07) is 0. The van der Waals surface area contributed by atoms with Crippen LogP contribution < -0.4 is 16.4 Å². The number of carbonyl (C=O) groups is 3. The van der Waals surface area contributed by atoms with Gasteiger partial charge in [-0.2, -0.15) is 5.48 Å². The minimum atomic E-state index is -4.06. The molecule has 0 spiro atoms. The maximum atomic E-state index is 12.2. The molecule has 12 heteroatoms. The molecule has 2 amide bonds. The number of hydrogen-bond donors (Lipinski definition) is 4. The van der Waals surface area contributed by atoms with Crippen LogP contribution in [0.15, 0.2) is 11.8 Å². The fourth-order valence-electron chi connectivity index (χ4n) is 3.40. The number of aliphatic hydroxyl groups excluding tert-OH is 1. The van der Waals surface area contributed by atoms with Crippen molar-refractivity contribution in [3.05, 3.63) is 11.8 Å². The lowest BCUT2D eigenvalue weighted by molar-refractivity contribution is -0.166. The van der Waals surface area contributed by atoms with Gasteiger partial charge in [0.05, 0.1) is 12.0 Å². The number of primary sulfonamides is 1. The van der Waals surface area contributed by atoms with Crippen LogP contribution in [0.2, 0.25) is 0 Å². The van der Waals surface area contributed by atoms with E-state index in [1.54, 1.807) is 23.6 Å². The van der Waals surface area contributed by atoms with Gasteiger partial charge in [-0.1, -0.05) is 0 Å². The number of nitrogens with zero attached hydrogens (tertiary/aromatic N) is 1. The molecule has 1 heterocycles. The monoisotopic (exact) mass is 376 g/mol. The molecule has 140 valence electrons. The van der Waals surface area contributed by atoms with Crippen LogP contribution in [0.1, 0.15) is 6.42 Å². The number of aliphatic hydroxyl groups is 1. The molecule has 11 nitrogen and oxygen atoms in total. The van der Waals surface area contributed by atoms with Crippen LogP contribution >= 0.6 is 0 Å². The molecule has 1 aliphatic carbocycles. The number of sulfonamides is 1. The molecule has 1 fully saturated rings. The fourth-order valence-corrected chi connectivity index (χ4v) is 3.82. The van der Waals surface area contributed by atoms with Crippen molar-refractivity contribution in [1.29, 1.82) is 0 Å². The lowest BCUT2D eigenvalue weighted by Crippen LogP contribution is -2.43. The summed E-state index contributed by atoms with van der Waals surface area (Å²) in [5.74, 6) is -5.55. The van der Waals surface area contributed by atoms with Crippen molar-refractivity contribution in [3.63, 3.8) is 0 Å². The number of primary amides is 1. The Kier molecular flexibility index (Phi) is 5.34. The van der Waals surface area contributed by atoms with Crippen molar-refractivity contribution >= 4 is 27.8 Å². The smallest absolute Gasteiger partial charge is 0.338 e. The first kappa shape index (κ1) is 19.1. The second-order valence-corrected chi connectivity index (χ2v) is 7.86. The third-order valence-corrected chi connectivity index (χ3v) is 4.96. The molecule has 25 heavy (non-hydrogen) atoms. The van der Waals surface area contributed by atoms with Gasteiger partial charge >= 0.3 is 5.97 Å². The van der Waals surface area contributed by atoms with Gasteiger partial charge < -0.3 is 20.6 Å². The van der Waals surface area contributed by atoms with E-state index in [0.29, 0.717) is 12.1 Å². The molecule has 0 aromatic carbocycles. The van der Waals surface area contributed by atoms with Crippen LogP contribution in [0.5, 0.6) is 0 Å². The highest BCUT2D eigenvalue weighted by Crippen LogP contribution is 2.44. The van der Waals surface area contributed by atoms with Gasteiger partial charge in [-0.3, -0.25) is 9.59 Å². The van der Waals surface area contributed by atoms with E-state index in [2.05, 4.69) is 4.84 Å². The molecule has 6 N–H and O–H groups in total. The van der Waals surface area contributed by atoms with Crippen LogP contribution in [0.25, 0.3) is 0 Å². The first-order chi connectivity index (χ1) is 11.5. The summed E-state index contributed by atoms with van der Waals surface area (Å²) in [6.45, 7) is 0.378. The van der Waals surface area contributed by atoms with Gasteiger partial charge in [0, 0.05) is 25.4 Å². The Balaban J connectivity index is 2.07. The zero-order valence-electron chi connectivity index (χ0n) is 13.4. The van der Waals surface area contributed by atoms with Crippen molar-refractivity contribution in [2.45, 2.75) is 12.5 Å². The van der Waals surface area contributed by atoms with Gasteiger partial charge in [-0.05, 0) is 18.3 Å². The molecular weight excluding hydrogens is 356 g/mol. The quantitative estimate of drug-likeness (QED) is 0.369. The van der Waals surface area contributed by atoms with Crippen molar-refractivity contribution in [2.75, 3.05) is 19.3 Å². The van der Waals surface area contributed by atoms with E-state index in [0.717, 1.165) is 0 Å². The van der Waals surface area contributed by atoms with E-state index < -0.39 is 57.4 Å². The Labute approximate surface area is 144 Å². The molecular formula is C13H20N4O7S. The Bertz CT molecular complexity index is 720. The Hall–Kier alpha value is -2.18. The molecule has 0 bridgehead atoms. The highest BCUT2D eigenvalue weighted by molar-refractivity contribution is 7.89. The molecule has 0 saturated heterocycles. The summed E-state index contributed by atoms with van der Waals surface area (Å²) in [4.78, 5) is 41.4. The average Bonchev–Trinajstić information content (AvgIpc) is 2.77. The lowest BCUT2D eigenvalue weighted by atomic mass is 9.82. The standard InChI is InChI=1S/C13H20N4O7S/c1-17-3-7-6(8(4-17)12(14)20)2-9(18)11(7)13(21)24-16-10(19)5-25(15,22)23/h4,6-7,9,11,18H,2-3,5H2,1H3,(H2,14,20)(H,16,19)(H2,15,22,23). The van der Waals surface area contributed by atoms with Gasteiger partial charge in [0.2, 0.25) is 15.9 Å². The highest BCUT2D eigenvalue weighted by atomic mass is 32.2. The molecule has 4 atom stereocenters. The second-order valence-electron chi connectivity index (χ2n) is 6.24. The van der Waals surface area contributed by atoms with E-state index in [9.17, 15) is 27.9 Å². The van der Waals surface area contributed by atoms with Crippen molar-refractivity contribution in [1.82, 2.24) is 10.4 Å². The number of carbonyl (C=O) groups excluding carboxylic acids is 3. The molecule has 0 radical (unpaired) electrons. The minimum absolute atomic E-state index is 0.151. The van der Waals surface area contributed by atoms with Crippen LogP contribution in [0, 0.1) is 17.8 Å².